The molecule has 6 N–H and O–H groups in total. The first-order chi connectivity index (χ1) is 16.6. The van der Waals surface area contributed by atoms with Gasteiger partial charge < -0.3 is 21.4 Å². The van der Waals surface area contributed by atoms with Crippen LogP contribution in [0.4, 0.5) is 15.9 Å². The number of amides is 2. The molecule has 0 aromatic carbocycles. The highest BCUT2D eigenvalue weighted by atomic mass is 19.1. The second-order valence-electron chi connectivity index (χ2n) is 8.39. The number of piperidine rings is 1. The van der Waals surface area contributed by atoms with Crippen molar-refractivity contribution in [3.8, 4) is 0 Å². The highest BCUT2D eigenvalue weighted by molar-refractivity contribution is 5.99. The number of aromatic nitrogens is 2. The van der Waals surface area contributed by atoms with Gasteiger partial charge in [-0.2, -0.15) is 0 Å². The average molecular weight is 450 g/mol. The van der Waals surface area contributed by atoms with E-state index in [1.54, 1.807) is 0 Å². The van der Waals surface area contributed by atoms with Crippen molar-refractivity contribution >= 4 is 23.3 Å². The topological polar surface area (TPSA) is 139 Å². The zero-order chi connectivity index (χ0) is 24.9. The molecule has 2 amide bonds. The Morgan fingerprint density at radius 3 is 3.00 bits per heavy atom. The van der Waals surface area contributed by atoms with E-state index in [1.165, 1.54) is 6.07 Å². The van der Waals surface area contributed by atoms with Crippen molar-refractivity contribution in [1.29, 1.82) is 0 Å². The molecular weight excluding hydrogens is 419 g/mol. The Labute approximate surface area is 188 Å². The number of hydrogen-bond acceptors (Lipinski definition) is 10. The van der Waals surface area contributed by atoms with Crippen molar-refractivity contribution in [2.75, 3.05) is 37.7 Å². The van der Waals surface area contributed by atoms with Gasteiger partial charge in [-0.25, -0.2) is 4.39 Å². The molecule has 5 rings (SSSR count). The van der Waals surface area contributed by atoms with E-state index in [4.69, 9.17) is 4.11 Å². The molecule has 1 saturated carbocycles. The molecule has 3 unspecified atom stereocenters. The summed E-state index contributed by atoms with van der Waals surface area (Å²) in [6, 6.07) is 1.46. The second-order valence-corrected chi connectivity index (χ2v) is 8.39. The molecular formula is C19H27FN10O2. The molecule has 3 fully saturated rings. The van der Waals surface area contributed by atoms with Crippen LogP contribution in [0.25, 0.3) is 0 Å². The van der Waals surface area contributed by atoms with E-state index < -0.39 is 30.9 Å². The maximum absolute atomic E-state index is 13.3. The maximum atomic E-state index is 13.3. The van der Waals surface area contributed by atoms with Crippen LogP contribution in [-0.4, -0.2) is 83.5 Å². The number of alkyl halides is 1. The molecule has 4 aliphatic rings. The van der Waals surface area contributed by atoms with Gasteiger partial charge in [-0.05, 0) is 26.4 Å². The lowest BCUT2D eigenvalue weighted by Crippen LogP contribution is -2.70. The van der Waals surface area contributed by atoms with E-state index in [-0.39, 0.29) is 41.9 Å². The maximum Gasteiger partial charge on any atom is 0.273 e. The van der Waals surface area contributed by atoms with Crippen LogP contribution < -0.4 is 32.2 Å². The fourth-order valence-electron chi connectivity index (χ4n) is 4.58. The lowest BCUT2D eigenvalue weighted by atomic mass is 9.92. The predicted octanol–water partition coefficient (Wildman–Crippen LogP) is -1.29. The summed E-state index contributed by atoms with van der Waals surface area (Å²) in [6.07, 6.45) is 1.39. The number of fused-ring (bicyclic) bond motifs is 3. The van der Waals surface area contributed by atoms with E-state index in [0.717, 1.165) is 12.1 Å². The van der Waals surface area contributed by atoms with E-state index in [2.05, 4.69) is 47.0 Å². The van der Waals surface area contributed by atoms with Crippen LogP contribution in [0.2, 0.25) is 0 Å². The molecule has 0 bridgehead atoms. The van der Waals surface area contributed by atoms with Crippen molar-refractivity contribution in [3.05, 3.63) is 23.7 Å². The van der Waals surface area contributed by atoms with Gasteiger partial charge in [0.15, 0.2) is 11.5 Å². The lowest BCUT2D eigenvalue weighted by Gasteiger charge is -2.51. The number of rotatable bonds is 5. The Morgan fingerprint density at radius 2 is 2.22 bits per heavy atom. The first-order valence-electron chi connectivity index (χ1n) is 12.0. The minimum Gasteiger partial charge on any atom is -0.366 e. The molecule has 1 aromatic rings. The van der Waals surface area contributed by atoms with Gasteiger partial charge in [0.25, 0.3) is 5.91 Å². The van der Waals surface area contributed by atoms with Crippen molar-refractivity contribution in [3.63, 3.8) is 0 Å². The van der Waals surface area contributed by atoms with Crippen LogP contribution in [0, 0.1) is 5.92 Å². The van der Waals surface area contributed by atoms with Crippen LogP contribution in [0.3, 0.4) is 0 Å². The van der Waals surface area contributed by atoms with Crippen LogP contribution in [0.15, 0.2) is 18.0 Å². The summed E-state index contributed by atoms with van der Waals surface area (Å²) in [4.78, 5) is 27.1. The zero-order valence-corrected chi connectivity index (χ0v) is 17.4. The van der Waals surface area contributed by atoms with Crippen LogP contribution in [0.5, 0.6) is 0 Å². The van der Waals surface area contributed by atoms with E-state index in [1.807, 2.05) is 18.6 Å². The largest absolute Gasteiger partial charge is 0.366 e. The molecule has 5 atom stereocenters. The molecule has 2 saturated heterocycles. The second kappa shape index (κ2) is 8.15. The summed E-state index contributed by atoms with van der Waals surface area (Å²) in [6.45, 7) is -1.37. The van der Waals surface area contributed by atoms with E-state index in [0.29, 0.717) is 13.1 Å². The van der Waals surface area contributed by atoms with Crippen LogP contribution in [0.1, 0.15) is 27.4 Å². The molecule has 13 heteroatoms. The monoisotopic (exact) mass is 449 g/mol. The molecule has 3 aliphatic heterocycles. The number of piperazine rings is 1. The number of carbonyl (C=O) groups excluding carboxylic acids is 2. The van der Waals surface area contributed by atoms with Gasteiger partial charge in [0.05, 0.1) is 35.6 Å². The summed E-state index contributed by atoms with van der Waals surface area (Å²) in [5, 5.41) is 20.9. The third-order valence-electron chi connectivity index (χ3n) is 6.26. The van der Waals surface area contributed by atoms with Gasteiger partial charge in [0, 0.05) is 29.9 Å². The Hall–Kier alpha value is -3.03. The van der Waals surface area contributed by atoms with Crippen molar-refractivity contribution < 1.29 is 18.1 Å². The van der Waals surface area contributed by atoms with Crippen LogP contribution in [-0.2, 0) is 4.79 Å². The summed E-state index contributed by atoms with van der Waals surface area (Å²) in [7, 11) is 2.00. The Balaban J connectivity index is 1.41. The van der Waals surface area contributed by atoms with Crippen molar-refractivity contribution in [2.45, 2.75) is 37.3 Å². The highest BCUT2D eigenvalue weighted by Gasteiger charge is 2.46. The molecule has 4 heterocycles. The SMILES string of the molecule is [2H]C([2H])([2H])NC(=O)c1nnc(NC(=O)[C@H]2C[C@H]2F)cc1NC1NCCC2C1N(C)CC1=CNNN12. The Bertz CT molecular complexity index is 1060. The zero-order valence-electron chi connectivity index (χ0n) is 20.4. The smallest absolute Gasteiger partial charge is 0.273 e. The average Bonchev–Trinajstić information content (AvgIpc) is 3.32. The summed E-state index contributed by atoms with van der Waals surface area (Å²) < 4.78 is 35.4. The Morgan fingerprint density at radius 1 is 1.38 bits per heavy atom. The number of nitrogens with zero attached hydrogens (tertiary/aromatic N) is 4. The summed E-state index contributed by atoms with van der Waals surface area (Å²) >= 11 is 0. The molecule has 0 radical (unpaired) electrons. The van der Waals surface area contributed by atoms with E-state index in [9.17, 15) is 14.0 Å². The minimum absolute atomic E-state index is 0.0296. The molecule has 172 valence electrons. The molecule has 12 nitrogen and oxygen atoms in total. The summed E-state index contributed by atoms with van der Waals surface area (Å²) in [5.41, 5.74) is 7.23. The number of hydrazine groups is 2. The van der Waals surface area contributed by atoms with Gasteiger partial charge in [0.1, 0.15) is 6.17 Å². The molecule has 1 aliphatic carbocycles. The number of anilines is 2. The third-order valence-corrected chi connectivity index (χ3v) is 6.26. The fourth-order valence-corrected chi connectivity index (χ4v) is 4.58. The lowest BCUT2D eigenvalue weighted by molar-refractivity contribution is -0.117. The third kappa shape index (κ3) is 3.72. The highest BCUT2D eigenvalue weighted by Crippen LogP contribution is 2.35. The van der Waals surface area contributed by atoms with Crippen molar-refractivity contribution in [2.24, 2.45) is 5.92 Å². The van der Waals surface area contributed by atoms with Gasteiger partial charge >= 0.3 is 0 Å². The van der Waals surface area contributed by atoms with Gasteiger partial charge in [-0.3, -0.25) is 24.8 Å². The number of halogens is 1. The number of nitrogens with one attached hydrogen (secondary N) is 6. The molecule has 32 heavy (non-hydrogen) atoms. The standard InChI is InChI=1S/C19H27FN10O2/c1-21-19(32)15-12(6-14(26-27-15)25-18(31)10-5-11(10)20)24-17-16-13(3-4-22-17)30-9(7-23-28-30)8-29(16)2/h6-7,10-11,13,16-17,22-23,28H,3-5,8H2,1-2H3,(H,21,32)(H2,24,25,26,31)/t10-,11+,13?,16?,17?/m0/s1/i1D3. The summed E-state index contributed by atoms with van der Waals surface area (Å²) in [5.74, 6) is -2.16. The van der Waals surface area contributed by atoms with Gasteiger partial charge in [-0.1, -0.05) is 0 Å². The molecule has 1 aromatic heterocycles. The number of hydrogen-bond donors (Lipinski definition) is 6. The fraction of sp³-hybridized carbons (Fsp3) is 0.579. The van der Waals surface area contributed by atoms with Gasteiger partial charge in [0.2, 0.25) is 5.91 Å². The molecule has 0 spiro atoms. The van der Waals surface area contributed by atoms with Crippen molar-refractivity contribution in [1.82, 2.24) is 41.7 Å². The minimum atomic E-state index is -2.72. The first-order valence-corrected chi connectivity index (χ1v) is 10.5. The van der Waals surface area contributed by atoms with Crippen LogP contribution >= 0.6 is 0 Å². The van der Waals surface area contributed by atoms with Gasteiger partial charge in [-0.15, -0.1) is 15.7 Å². The Kier molecular flexibility index (Phi) is 4.46. The first kappa shape index (κ1) is 17.5. The van der Waals surface area contributed by atoms with E-state index >= 15 is 0 Å². The number of carbonyl (C=O) groups is 2. The number of likely N-dealkylation sites (N-methyl/N-ethyl adjacent to an activating group) is 1. The quantitative estimate of drug-likeness (QED) is 0.322. The normalized spacial score (nSPS) is 32.8. The predicted molar refractivity (Wildman–Crippen MR) is 113 cm³/mol.